The molecule has 0 aliphatic heterocycles. The van der Waals surface area contributed by atoms with Crippen LogP contribution in [0.15, 0.2) is 0 Å². The third kappa shape index (κ3) is 13.9. The van der Waals surface area contributed by atoms with Gasteiger partial charge in [0, 0.05) is 26.7 Å². The predicted octanol–water partition coefficient (Wildman–Crippen LogP) is 4.14. The Morgan fingerprint density at radius 3 is 1.95 bits per heavy atom. The number of rotatable bonds is 11. The number of ether oxygens (including phenoxy) is 2. The highest BCUT2D eigenvalue weighted by atomic mass is 16.7. The Labute approximate surface area is 134 Å². The van der Waals surface area contributed by atoms with Crippen LogP contribution in [-0.2, 0) is 19.1 Å². The van der Waals surface area contributed by atoms with Crippen LogP contribution in [-0.4, -0.2) is 29.4 Å². The molecule has 0 bridgehead atoms. The van der Waals surface area contributed by atoms with Crippen molar-refractivity contribution in [2.45, 2.75) is 85.4 Å². The maximum atomic E-state index is 11.8. The molecule has 0 aromatic rings. The fourth-order valence-electron chi connectivity index (χ4n) is 1.86. The molecule has 5 heteroatoms. The van der Waals surface area contributed by atoms with Gasteiger partial charge in [-0.3, -0.25) is 9.59 Å². The first-order valence-corrected chi connectivity index (χ1v) is 8.09. The number of esters is 1. The number of unbranched alkanes of at least 4 members (excludes halogenated alkanes) is 3. The third-order valence-electron chi connectivity index (χ3n) is 3.18. The van der Waals surface area contributed by atoms with E-state index < -0.39 is 11.8 Å². The molecule has 0 aromatic carbocycles. The first-order valence-electron chi connectivity index (χ1n) is 8.09. The van der Waals surface area contributed by atoms with Crippen LogP contribution in [0.25, 0.3) is 0 Å². The highest BCUT2D eigenvalue weighted by Crippen LogP contribution is 2.21. The number of hydrogen-bond acceptors (Lipinski definition) is 4. The minimum absolute atomic E-state index is 0.191. The largest absolute Gasteiger partial charge is 0.481 e. The summed E-state index contributed by atoms with van der Waals surface area (Å²) in [5.74, 6) is -1.93. The topological polar surface area (TPSA) is 72.8 Å². The third-order valence-corrected chi connectivity index (χ3v) is 3.18. The van der Waals surface area contributed by atoms with Gasteiger partial charge in [-0.05, 0) is 24.7 Å². The molecule has 0 saturated carbocycles. The molecule has 0 aliphatic carbocycles. The lowest BCUT2D eigenvalue weighted by molar-refractivity contribution is -0.217. The molecule has 0 saturated heterocycles. The van der Waals surface area contributed by atoms with Crippen molar-refractivity contribution < 1.29 is 24.2 Å². The van der Waals surface area contributed by atoms with E-state index in [-0.39, 0.29) is 17.8 Å². The summed E-state index contributed by atoms with van der Waals surface area (Å²) in [6.45, 7) is 10.5. The molecule has 0 aromatic heterocycles. The average Bonchev–Trinajstić information content (AvgIpc) is 2.30. The van der Waals surface area contributed by atoms with Crippen LogP contribution < -0.4 is 0 Å². The molecular weight excluding hydrogens is 284 g/mol. The minimum atomic E-state index is -0.897. The molecule has 22 heavy (non-hydrogen) atoms. The van der Waals surface area contributed by atoms with Crippen molar-refractivity contribution in [3.63, 3.8) is 0 Å². The lowest BCUT2D eigenvalue weighted by atomic mass is 9.93. The van der Waals surface area contributed by atoms with E-state index in [0.29, 0.717) is 19.4 Å². The van der Waals surface area contributed by atoms with E-state index in [1.807, 2.05) is 0 Å². The van der Waals surface area contributed by atoms with E-state index in [1.165, 1.54) is 0 Å². The van der Waals surface area contributed by atoms with Crippen LogP contribution in [0.5, 0.6) is 0 Å². The SMILES string of the molecule is CC(C)(C)CCOC(C)(C)OC(=O)CCCCCCC(=O)O. The summed E-state index contributed by atoms with van der Waals surface area (Å²) in [6, 6.07) is 0. The van der Waals surface area contributed by atoms with E-state index >= 15 is 0 Å². The Kier molecular flexibility index (Phi) is 9.33. The summed E-state index contributed by atoms with van der Waals surface area (Å²) in [5.41, 5.74) is 0.191. The zero-order chi connectivity index (χ0) is 17.2. The molecule has 0 rings (SSSR count). The van der Waals surface area contributed by atoms with Gasteiger partial charge in [0.1, 0.15) is 0 Å². The molecule has 1 N–H and O–H groups in total. The molecule has 0 amide bonds. The number of carbonyl (C=O) groups excluding carboxylic acids is 1. The summed E-state index contributed by atoms with van der Waals surface area (Å²) < 4.78 is 11.0. The van der Waals surface area contributed by atoms with Crippen LogP contribution in [0.1, 0.15) is 79.6 Å². The van der Waals surface area contributed by atoms with Crippen molar-refractivity contribution >= 4 is 11.9 Å². The Balaban J connectivity index is 3.77. The van der Waals surface area contributed by atoms with Crippen LogP contribution in [0.2, 0.25) is 0 Å². The van der Waals surface area contributed by atoms with Gasteiger partial charge in [0.2, 0.25) is 5.79 Å². The molecular formula is C17H32O5. The normalized spacial score (nSPS) is 12.2. The van der Waals surface area contributed by atoms with Crippen LogP contribution >= 0.6 is 0 Å². The molecule has 5 nitrogen and oxygen atoms in total. The van der Waals surface area contributed by atoms with Gasteiger partial charge in [0.05, 0.1) is 6.61 Å². The van der Waals surface area contributed by atoms with Crippen LogP contribution in [0, 0.1) is 5.41 Å². The average molecular weight is 316 g/mol. The standard InChI is InChI=1S/C17H32O5/c1-16(2,3)12-13-21-17(4,5)22-15(20)11-9-7-6-8-10-14(18)19/h6-13H2,1-5H3,(H,18,19). The molecule has 0 radical (unpaired) electrons. The lowest BCUT2D eigenvalue weighted by Gasteiger charge is -2.27. The van der Waals surface area contributed by atoms with Crippen LogP contribution in [0.3, 0.4) is 0 Å². The minimum Gasteiger partial charge on any atom is -0.481 e. The van der Waals surface area contributed by atoms with Gasteiger partial charge in [0.15, 0.2) is 0 Å². The summed E-state index contributed by atoms with van der Waals surface area (Å²) in [6.07, 6.45) is 4.48. The second kappa shape index (κ2) is 9.82. The van der Waals surface area contributed by atoms with Crippen molar-refractivity contribution in [2.75, 3.05) is 6.61 Å². The second-order valence-electron chi connectivity index (χ2n) is 7.34. The molecule has 0 spiro atoms. The number of carboxylic acids is 1. The number of hydrogen-bond donors (Lipinski definition) is 1. The Bertz CT molecular complexity index is 341. The van der Waals surface area contributed by atoms with Crippen molar-refractivity contribution in [2.24, 2.45) is 5.41 Å². The highest BCUT2D eigenvalue weighted by molar-refractivity contribution is 5.69. The van der Waals surface area contributed by atoms with E-state index in [4.69, 9.17) is 14.6 Å². The smallest absolute Gasteiger partial charge is 0.308 e. The van der Waals surface area contributed by atoms with Gasteiger partial charge in [-0.1, -0.05) is 33.6 Å². The summed E-state index contributed by atoms with van der Waals surface area (Å²) in [4.78, 5) is 22.1. The van der Waals surface area contributed by atoms with Crippen molar-refractivity contribution in [3.8, 4) is 0 Å². The van der Waals surface area contributed by atoms with Crippen molar-refractivity contribution in [1.29, 1.82) is 0 Å². The summed E-state index contributed by atoms with van der Waals surface area (Å²) >= 11 is 0. The van der Waals surface area contributed by atoms with Gasteiger partial charge in [-0.25, -0.2) is 0 Å². The highest BCUT2D eigenvalue weighted by Gasteiger charge is 2.24. The molecule has 0 fully saturated rings. The quantitative estimate of drug-likeness (QED) is 0.352. The van der Waals surface area contributed by atoms with Gasteiger partial charge in [-0.15, -0.1) is 0 Å². The number of aliphatic carboxylic acids is 1. The van der Waals surface area contributed by atoms with E-state index in [0.717, 1.165) is 25.7 Å². The van der Waals surface area contributed by atoms with Gasteiger partial charge in [-0.2, -0.15) is 0 Å². The summed E-state index contributed by atoms with van der Waals surface area (Å²) in [5, 5.41) is 8.52. The summed E-state index contributed by atoms with van der Waals surface area (Å²) in [7, 11) is 0. The maximum absolute atomic E-state index is 11.8. The first kappa shape index (κ1) is 20.9. The maximum Gasteiger partial charge on any atom is 0.308 e. The first-order chi connectivity index (χ1) is 10.0. The van der Waals surface area contributed by atoms with E-state index in [2.05, 4.69) is 20.8 Å². The number of carboxylic acid groups (broad SMARTS) is 1. The molecule has 130 valence electrons. The molecule has 0 aliphatic rings. The Hall–Kier alpha value is -1.10. The lowest BCUT2D eigenvalue weighted by Crippen LogP contribution is -2.32. The zero-order valence-electron chi connectivity index (χ0n) is 14.7. The monoisotopic (exact) mass is 316 g/mol. The molecule has 0 unspecified atom stereocenters. The van der Waals surface area contributed by atoms with Gasteiger partial charge in [0.25, 0.3) is 0 Å². The fourth-order valence-corrected chi connectivity index (χ4v) is 1.86. The van der Waals surface area contributed by atoms with Gasteiger partial charge >= 0.3 is 11.9 Å². The van der Waals surface area contributed by atoms with E-state index in [1.54, 1.807) is 13.8 Å². The zero-order valence-corrected chi connectivity index (χ0v) is 14.7. The predicted molar refractivity (Wildman–Crippen MR) is 85.5 cm³/mol. The van der Waals surface area contributed by atoms with E-state index in [9.17, 15) is 9.59 Å². The Morgan fingerprint density at radius 2 is 1.45 bits per heavy atom. The number of carbonyl (C=O) groups is 2. The van der Waals surface area contributed by atoms with Gasteiger partial charge < -0.3 is 14.6 Å². The van der Waals surface area contributed by atoms with Crippen molar-refractivity contribution in [3.05, 3.63) is 0 Å². The molecule has 0 atom stereocenters. The molecule has 0 heterocycles. The second-order valence-corrected chi connectivity index (χ2v) is 7.34. The fraction of sp³-hybridized carbons (Fsp3) is 0.882. The Morgan fingerprint density at radius 1 is 0.909 bits per heavy atom. The van der Waals surface area contributed by atoms with Crippen LogP contribution in [0.4, 0.5) is 0 Å². The van der Waals surface area contributed by atoms with Crippen molar-refractivity contribution in [1.82, 2.24) is 0 Å².